The third-order valence-electron chi connectivity index (χ3n) is 3.32. The van der Waals surface area contributed by atoms with Crippen LogP contribution in [0.15, 0.2) is 0 Å². The van der Waals surface area contributed by atoms with Gasteiger partial charge in [0.05, 0.1) is 23.9 Å². The van der Waals surface area contributed by atoms with E-state index >= 15 is 0 Å². The summed E-state index contributed by atoms with van der Waals surface area (Å²) in [6.07, 6.45) is 0. The summed E-state index contributed by atoms with van der Waals surface area (Å²) in [7, 11) is 4.04. The number of carbonyl (C=O) groups excluding carboxylic acids is 1. The van der Waals surface area contributed by atoms with Gasteiger partial charge in [0.2, 0.25) is 0 Å². The van der Waals surface area contributed by atoms with Gasteiger partial charge in [0.15, 0.2) is 5.69 Å². The van der Waals surface area contributed by atoms with E-state index in [9.17, 15) is 4.79 Å². The maximum absolute atomic E-state index is 12.5. The minimum atomic E-state index is -0.131. The Morgan fingerprint density at radius 1 is 1.60 bits per heavy atom. The molecule has 0 radical (unpaired) electrons. The van der Waals surface area contributed by atoms with Crippen LogP contribution in [0, 0.1) is 12.8 Å². The van der Waals surface area contributed by atoms with E-state index in [1.54, 1.807) is 11.8 Å². The first kappa shape index (κ1) is 15.3. The van der Waals surface area contributed by atoms with Crippen LogP contribution in [-0.4, -0.2) is 72.8 Å². The number of aromatic amines is 1. The van der Waals surface area contributed by atoms with Gasteiger partial charge in [0, 0.05) is 25.6 Å². The molecular weight excluding hydrogens is 280 g/mol. The fraction of sp³-hybridized carbons (Fsp3) is 0.692. The third kappa shape index (κ3) is 3.50. The Bertz CT molecular complexity index is 475. The van der Waals surface area contributed by atoms with Crippen molar-refractivity contribution in [3.8, 4) is 0 Å². The van der Waals surface area contributed by atoms with E-state index < -0.39 is 0 Å². The quantitative estimate of drug-likeness (QED) is 0.905. The summed E-state index contributed by atoms with van der Waals surface area (Å²) in [6, 6.07) is 0. The van der Waals surface area contributed by atoms with Crippen molar-refractivity contribution in [1.82, 2.24) is 20.0 Å². The molecule has 1 aromatic rings. The normalized spacial score (nSPS) is 20.2. The molecule has 1 aliphatic rings. The summed E-state index contributed by atoms with van der Waals surface area (Å²) >= 11 is 6.10. The second-order valence-corrected chi connectivity index (χ2v) is 5.84. The average molecular weight is 301 g/mol. The standard InChI is InChI=1S/C13H21ClN4O2/c1-9-11(14)12(16-15-9)13(19)18-4-5-20-8-10(7-18)6-17(2)3/h10H,4-8H2,1-3H3,(H,15,16). The summed E-state index contributed by atoms with van der Waals surface area (Å²) in [4.78, 5) is 16.4. The van der Waals surface area contributed by atoms with Crippen molar-refractivity contribution in [2.75, 3.05) is 46.9 Å². The van der Waals surface area contributed by atoms with Crippen LogP contribution in [0.4, 0.5) is 0 Å². The Hall–Kier alpha value is -1.11. The first-order chi connectivity index (χ1) is 9.49. The van der Waals surface area contributed by atoms with Gasteiger partial charge in [-0.25, -0.2) is 0 Å². The molecule has 1 amide bonds. The lowest BCUT2D eigenvalue weighted by Crippen LogP contribution is -2.39. The van der Waals surface area contributed by atoms with Gasteiger partial charge >= 0.3 is 0 Å². The summed E-state index contributed by atoms with van der Waals surface area (Å²) in [5.41, 5.74) is 1.01. The molecule has 1 atom stereocenters. The van der Waals surface area contributed by atoms with Gasteiger partial charge in [-0.05, 0) is 21.0 Å². The van der Waals surface area contributed by atoms with E-state index in [0.29, 0.717) is 48.6 Å². The Labute approximate surface area is 124 Å². The zero-order valence-electron chi connectivity index (χ0n) is 12.1. The fourth-order valence-electron chi connectivity index (χ4n) is 2.40. The maximum atomic E-state index is 12.5. The molecule has 0 aliphatic carbocycles. The van der Waals surface area contributed by atoms with Crippen LogP contribution < -0.4 is 0 Å². The first-order valence-electron chi connectivity index (χ1n) is 6.71. The number of hydrogen-bond acceptors (Lipinski definition) is 4. The van der Waals surface area contributed by atoms with E-state index in [2.05, 4.69) is 15.1 Å². The lowest BCUT2D eigenvalue weighted by atomic mass is 10.1. The predicted octanol–water partition coefficient (Wildman–Crippen LogP) is 1.02. The van der Waals surface area contributed by atoms with Gasteiger partial charge in [-0.1, -0.05) is 11.6 Å². The van der Waals surface area contributed by atoms with E-state index in [4.69, 9.17) is 16.3 Å². The number of nitrogens with one attached hydrogen (secondary N) is 1. The largest absolute Gasteiger partial charge is 0.379 e. The highest BCUT2D eigenvalue weighted by Crippen LogP contribution is 2.20. The summed E-state index contributed by atoms with van der Waals surface area (Å²) < 4.78 is 5.58. The fourth-order valence-corrected chi connectivity index (χ4v) is 2.56. The average Bonchev–Trinajstić information content (AvgIpc) is 2.61. The molecule has 7 heteroatoms. The molecule has 0 bridgehead atoms. The van der Waals surface area contributed by atoms with Crippen LogP contribution in [0.1, 0.15) is 16.2 Å². The van der Waals surface area contributed by atoms with Gasteiger partial charge in [-0.3, -0.25) is 9.89 Å². The second kappa shape index (κ2) is 6.56. The molecule has 2 rings (SSSR count). The topological polar surface area (TPSA) is 61.5 Å². The Kier molecular flexibility index (Phi) is 5.01. The lowest BCUT2D eigenvalue weighted by molar-refractivity contribution is 0.0729. The number of ether oxygens (including phenoxy) is 1. The molecule has 0 spiro atoms. The van der Waals surface area contributed by atoms with Crippen LogP contribution >= 0.6 is 11.6 Å². The highest BCUT2D eigenvalue weighted by Gasteiger charge is 2.27. The molecule has 1 unspecified atom stereocenters. The van der Waals surface area contributed by atoms with Gasteiger partial charge in [-0.2, -0.15) is 5.10 Å². The predicted molar refractivity (Wildman–Crippen MR) is 77.1 cm³/mol. The second-order valence-electron chi connectivity index (χ2n) is 5.47. The first-order valence-corrected chi connectivity index (χ1v) is 7.09. The molecule has 1 saturated heterocycles. The van der Waals surface area contributed by atoms with Crippen LogP contribution in [0.5, 0.6) is 0 Å². The number of halogens is 1. The van der Waals surface area contributed by atoms with Gasteiger partial charge in [0.25, 0.3) is 5.91 Å². The molecule has 1 aromatic heterocycles. The van der Waals surface area contributed by atoms with Crippen molar-refractivity contribution in [3.05, 3.63) is 16.4 Å². The molecule has 20 heavy (non-hydrogen) atoms. The Balaban J connectivity index is 2.09. The zero-order valence-corrected chi connectivity index (χ0v) is 12.9. The minimum Gasteiger partial charge on any atom is -0.379 e. The highest BCUT2D eigenvalue weighted by molar-refractivity contribution is 6.34. The molecule has 0 aromatic carbocycles. The molecule has 0 saturated carbocycles. The van der Waals surface area contributed by atoms with Crippen molar-refractivity contribution in [2.45, 2.75) is 6.92 Å². The maximum Gasteiger partial charge on any atom is 0.276 e. The molecule has 1 fully saturated rings. The highest BCUT2D eigenvalue weighted by atomic mass is 35.5. The molecule has 2 heterocycles. The van der Waals surface area contributed by atoms with E-state index in [-0.39, 0.29) is 5.91 Å². The van der Waals surface area contributed by atoms with E-state index in [0.717, 1.165) is 6.54 Å². The minimum absolute atomic E-state index is 0.131. The van der Waals surface area contributed by atoms with Crippen LogP contribution in [0.2, 0.25) is 5.02 Å². The van der Waals surface area contributed by atoms with Crippen LogP contribution in [0.25, 0.3) is 0 Å². The molecule has 1 N–H and O–H groups in total. The van der Waals surface area contributed by atoms with Crippen molar-refractivity contribution >= 4 is 17.5 Å². The van der Waals surface area contributed by atoms with Crippen molar-refractivity contribution in [2.24, 2.45) is 5.92 Å². The summed E-state index contributed by atoms with van der Waals surface area (Å²) in [5, 5.41) is 7.16. The van der Waals surface area contributed by atoms with Gasteiger partial charge < -0.3 is 14.5 Å². The SMILES string of the molecule is Cc1[nH]nc(C(=O)N2CCOCC(CN(C)C)C2)c1Cl. The molecule has 112 valence electrons. The number of aryl methyl sites for hydroxylation is 1. The molecular formula is C13H21ClN4O2. The van der Waals surface area contributed by atoms with Crippen molar-refractivity contribution < 1.29 is 9.53 Å². The number of amides is 1. The monoisotopic (exact) mass is 300 g/mol. The van der Waals surface area contributed by atoms with Gasteiger partial charge in [-0.15, -0.1) is 0 Å². The number of rotatable bonds is 3. The van der Waals surface area contributed by atoms with Crippen LogP contribution in [0.3, 0.4) is 0 Å². The van der Waals surface area contributed by atoms with E-state index in [1.165, 1.54) is 0 Å². The number of carbonyl (C=O) groups is 1. The molecule has 6 nitrogen and oxygen atoms in total. The lowest BCUT2D eigenvalue weighted by Gasteiger charge is -2.24. The smallest absolute Gasteiger partial charge is 0.276 e. The zero-order chi connectivity index (χ0) is 14.7. The number of hydrogen-bond donors (Lipinski definition) is 1. The number of aromatic nitrogens is 2. The summed E-state index contributed by atoms with van der Waals surface area (Å²) in [5.74, 6) is 0.170. The van der Waals surface area contributed by atoms with Crippen LogP contribution in [-0.2, 0) is 4.74 Å². The van der Waals surface area contributed by atoms with Gasteiger partial charge in [0.1, 0.15) is 0 Å². The Morgan fingerprint density at radius 2 is 2.35 bits per heavy atom. The van der Waals surface area contributed by atoms with Crippen molar-refractivity contribution in [3.63, 3.8) is 0 Å². The number of H-pyrrole nitrogens is 1. The van der Waals surface area contributed by atoms with E-state index in [1.807, 2.05) is 14.1 Å². The molecule has 1 aliphatic heterocycles. The number of nitrogens with zero attached hydrogens (tertiary/aromatic N) is 3. The summed E-state index contributed by atoms with van der Waals surface area (Å²) in [6.45, 7) is 5.15. The third-order valence-corrected chi connectivity index (χ3v) is 3.79. The van der Waals surface area contributed by atoms with Crippen molar-refractivity contribution in [1.29, 1.82) is 0 Å². The Morgan fingerprint density at radius 3 is 2.95 bits per heavy atom.